The van der Waals surface area contributed by atoms with E-state index >= 15 is 0 Å². The van der Waals surface area contributed by atoms with Gasteiger partial charge in [-0.25, -0.2) is 0 Å². The molecule has 0 amide bonds. The Labute approximate surface area is 124 Å². The largest absolute Gasteiger partial charge is 0.468 e. The van der Waals surface area contributed by atoms with E-state index in [1.54, 1.807) is 0 Å². The van der Waals surface area contributed by atoms with E-state index in [-0.39, 0.29) is 10.8 Å². The summed E-state index contributed by atoms with van der Waals surface area (Å²) in [5.41, 5.74) is 0. The normalized spacial score (nSPS) is 25.2. The molecule has 2 heterocycles. The predicted octanol–water partition coefficient (Wildman–Crippen LogP) is 1.87. The smallest absolute Gasteiger partial charge is 0.320 e. The molecule has 4 nitrogen and oxygen atoms in total. The zero-order chi connectivity index (χ0) is 13.7. The van der Waals surface area contributed by atoms with Crippen LogP contribution in [0.1, 0.15) is 32.1 Å². The average Bonchev–Trinajstić information content (AvgIpc) is 2.48. The van der Waals surface area contributed by atoms with E-state index in [9.17, 15) is 4.79 Å². The van der Waals surface area contributed by atoms with Crippen molar-refractivity contribution in [1.82, 2.24) is 9.80 Å². The summed E-state index contributed by atoms with van der Waals surface area (Å²) in [5.74, 6) is -0.168. The summed E-state index contributed by atoms with van der Waals surface area (Å²) in [7, 11) is 1.44. The maximum absolute atomic E-state index is 11.4. The molecule has 0 N–H and O–H groups in total. The molecule has 0 saturated carbocycles. The van der Waals surface area contributed by atoms with Crippen molar-refractivity contribution < 1.29 is 9.53 Å². The molecule has 19 heavy (non-hydrogen) atoms. The fourth-order valence-electron chi connectivity index (χ4n) is 3.18. The molecule has 5 heteroatoms. The second-order valence-corrected chi connectivity index (χ2v) is 6.72. The zero-order valence-corrected chi connectivity index (χ0v) is 13.4. The second kappa shape index (κ2) is 7.60. The van der Waals surface area contributed by atoms with Gasteiger partial charge < -0.3 is 14.5 Å². The van der Waals surface area contributed by atoms with E-state index in [1.807, 2.05) is 0 Å². The van der Waals surface area contributed by atoms with Gasteiger partial charge in [-0.15, -0.1) is 0 Å². The Kier molecular flexibility index (Phi) is 6.10. The lowest BCUT2D eigenvalue weighted by Gasteiger charge is -2.40. The van der Waals surface area contributed by atoms with Crippen LogP contribution in [0.3, 0.4) is 0 Å². The van der Waals surface area contributed by atoms with E-state index in [2.05, 4.69) is 25.7 Å². The van der Waals surface area contributed by atoms with Crippen LogP contribution < -0.4 is 0 Å². The Hall–Kier alpha value is -0.130. The first kappa shape index (κ1) is 15.3. The molecular weight excluding hydrogens is 308 g/mol. The number of alkyl halides is 1. The molecule has 0 spiro atoms. The van der Waals surface area contributed by atoms with E-state index in [1.165, 1.54) is 52.3 Å². The third-order valence-corrected chi connectivity index (χ3v) is 5.00. The molecule has 0 aromatic heterocycles. The number of halogens is 1. The van der Waals surface area contributed by atoms with Gasteiger partial charge in [0, 0.05) is 12.6 Å². The molecule has 2 aliphatic heterocycles. The first-order valence-electron chi connectivity index (χ1n) is 7.39. The molecule has 2 rings (SSSR count). The van der Waals surface area contributed by atoms with Crippen LogP contribution in [-0.2, 0) is 9.53 Å². The van der Waals surface area contributed by atoms with E-state index < -0.39 is 0 Å². The van der Waals surface area contributed by atoms with Crippen molar-refractivity contribution in [3.8, 4) is 0 Å². The van der Waals surface area contributed by atoms with Gasteiger partial charge in [-0.2, -0.15) is 0 Å². The van der Waals surface area contributed by atoms with Crippen LogP contribution >= 0.6 is 15.9 Å². The summed E-state index contributed by atoms with van der Waals surface area (Å²) in [6, 6.07) is 0.767. The number of ether oxygens (including phenoxy) is 1. The number of hydrogen-bond donors (Lipinski definition) is 0. The maximum Gasteiger partial charge on any atom is 0.320 e. The molecule has 0 aliphatic carbocycles. The van der Waals surface area contributed by atoms with Gasteiger partial charge in [0.2, 0.25) is 0 Å². The monoisotopic (exact) mass is 332 g/mol. The van der Waals surface area contributed by atoms with Gasteiger partial charge in [-0.1, -0.05) is 22.4 Å². The summed E-state index contributed by atoms with van der Waals surface area (Å²) < 4.78 is 4.75. The Morgan fingerprint density at radius 2 is 1.84 bits per heavy atom. The summed E-state index contributed by atoms with van der Waals surface area (Å²) in [5, 5.41) is 0. The Morgan fingerprint density at radius 1 is 1.21 bits per heavy atom. The molecule has 0 aromatic rings. The van der Waals surface area contributed by atoms with Crippen molar-refractivity contribution in [2.75, 3.05) is 39.8 Å². The van der Waals surface area contributed by atoms with Gasteiger partial charge in [0.1, 0.15) is 4.83 Å². The Balaban J connectivity index is 1.71. The summed E-state index contributed by atoms with van der Waals surface area (Å²) in [6.45, 7) is 5.53. The minimum atomic E-state index is -0.191. The number of esters is 1. The third kappa shape index (κ3) is 4.43. The highest BCUT2D eigenvalue weighted by molar-refractivity contribution is 9.10. The topological polar surface area (TPSA) is 32.8 Å². The van der Waals surface area contributed by atoms with Crippen LogP contribution in [0.25, 0.3) is 0 Å². The van der Waals surface area contributed by atoms with Crippen molar-refractivity contribution in [1.29, 1.82) is 0 Å². The minimum Gasteiger partial charge on any atom is -0.468 e. The number of hydrogen-bond acceptors (Lipinski definition) is 4. The molecule has 1 unspecified atom stereocenters. The standard InChI is InChI=1S/C14H25BrN2O2/c1-19-14(18)13(15)11-16-9-5-12(6-10-16)17-7-3-2-4-8-17/h12-13H,2-11H2,1H3. The lowest BCUT2D eigenvalue weighted by atomic mass is 10.00. The van der Waals surface area contributed by atoms with E-state index in [0.717, 1.165) is 25.7 Å². The third-order valence-electron chi connectivity index (χ3n) is 4.34. The van der Waals surface area contributed by atoms with E-state index in [0.29, 0.717) is 0 Å². The first-order valence-corrected chi connectivity index (χ1v) is 8.30. The minimum absolute atomic E-state index is 0.168. The van der Waals surface area contributed by atoms with Gasteiger partial charge in [-0.3, -0.25) is 4.79 Å². The van der Waals surface area contributed by atoms with Crippen molar-refractivity contribution in [2.45, 2.75) is 43.0 Å². The Bertz CT molecular complexity index is 287. The highest BCUT2D eigenvalue weighted by Gasteiger charge is 2.27. The molecule has 2 saturated heterocycles. The number of carbonyl (C=O) groups excluding carboxylic acids is 1. The predicted molar refractivity (Wildman–Crippen MR) is 79.6 cm³/mol. The number of piperidine rings is 2. The summed E-state index contributed by atoms with van der Waals surface area (Å²) in [6.07, 6.45) is 6.61. The number of carbonyl (C=O) groups is 1. The Morgan fingerprint density at radius 3 is 2.42 bits per heavy atom. The van der Waals surface area contributed by atoms with Gasteiger partial charge in [0.15, 0.2) is 0 Å². The van der Waals surface area contributed by atoms with Crippen molar-refractivity contribution in [3.05, 3.63) is 0 Å². The van der Waals surface area contributed by atoms with Gasteiger partial charge in [0.05, 0.1) is 7.11 Å². The quantitative estimate of drug-likeness (QED) is 0.581. The second-order valence-electron chi connectivity index (χ2n) is 5.62. The molecule has 2 fully saturated rings. The zero-order valence-electron chi connectivity index (χ0n) is 11.8. The molecule has 2 aliphatic rings. The molecule has 0 radical (unpaired) electrons. The molecule has 110 valence electrons. The number of methoxy groups -OCH3 is 1. The van der Waals surface area contributed by atoms with Crippen molar-refractivity contribution in [2.24, 2.45) is 0 Å². The number of rotatable bonds is 4. The number of nitrogens with zero attached hydrogens (tertiary/aromatic N) is 2. The fraction of sp³-hybridized carbons (Fsp3) is 0.929. The summed E-state index contributed by atoms with van der Waals surface area (Å²) in [4.78, 5) is 16.2. The summed E-state index contributed by atoms with van der Waals surface area (Å²) >= 11 is 3.40. The average molecular weight is 333 g/mol. The highest BCUT2D eigenvalue weighted by Crippen LogP contribution is 2.21. The molecule has 0 aromatic carbocycles. The van der Waals surface area contributed by atoms with Gasteiger partial charge in [-0.05, 0) is 51.9 Å². The first-order chi connectivity index (χ1) is 9.20. The lowest BCUT2D eigenvalue weighted by Crippen LogP contribution is -2.48. The van der Waals surface area contributed by atoms with Crippen molar-refractivity contribution >= 4 is 21.9 Å². The molecule has 0 bridgehead atoms. The van der Waals surface area contributed by atoms with Crippen molar-refractivity contribution in [3.63, 3.8) is 0 Å². The van der Waals surface area contributed by atoms with Crippen LogP contribution in [0.5, 0.6) is 0 Å². The lowest BCUT2D eigenvalue weighted by molar-refractivity contribution is -0.140. The van der Waals surface area contributed by atoms with Crippen LogP contribution in [0.15, 0.2) is 0 Å². The van der Waals surface area contributed by atoms with Gasteiger partial charge >= 0.3 is 5.97 Å². The highest BCUT2D eigenvalue weighted by atomic mass is 79.9. The maximum atomic E-state index is 11.4. The molecular formula is C14H25BrN2O2. The SMILES string of the molecule is COC(=O)C(Br)CN1CCC(N2CCCCC2)CC1. The van der Waals surface area contributed by atoms with Crippen LogP contribution in [-0.4, -0.2) is 66.5 Å². The van der Waals surface area contributed by atoms with Crippen LogP contribution in [0.2, 0.25) is 0 Å². The number of likely N-dealkylation sites (tertiary alicyclic amines) is 2. The van der Waals surface area contributed by atoms with E-state index in [4.69, 9.17) is 4.74 Å². The van der Waals surface area contributed by atoms with Crippen LogP contribution in [0, 0.1) is 0 Å². The fourth-order valence-corrected chi connectivity index (χ4v) is 3.78. The van der Waals surface area contributed by atoms with Crippen LogP contribution in [0.4, 0.5) is 0 Å². The molecule has 1 atom stereocenters. The van der Waals surface area contributed by atoms with Gasteiger partial charge in [0.25, 0.3) is 0 Å².